The first-order valence-corrected chi connectivity index (χ1v) is 4.66. The van der Waals surface area contributed by atoms with Gasteiger partial charge in [-0.15, -0.1) is 0 Å². The summed E-state index contributed by atoms with van der Waals surface area (Å²) in [5, 5.41) is 9.96. The van der Waals surface area contributed by atoms with Gasteiger partial charge in [0.05, 0.1) is 10.9 Å². The van der Waals surface area contributed by atoms with Crippen LogP contribution in [0.5, 0.6) is 5.75 Å². The number of hydrogen-bond acceptors (Lipinski definition) is 3. The first-order valence-electron chi connectivity index (χ1n) is 4.66. The molecule has 0 spiro atoms. The molecule has 2 aromatic rings. The minimum absolute atomic E-state index is 0.0405. The lowest BCUT2D eigenvalue weighted by atomic mass is 10.1. The highest BCUT2D eigenvalue weighted by Crippen LogP contribution is 2.36. The monoisotopic (exact) mass is 223 g/mol. The van der Waals surface area contributed by atoms with Gasteiger partial charge in [0.2, 0.25) is 0 Å². The molecule has 0 bridgehead atoms. The lowest BCUT2D eigenvalue weighted by Gasteiger charge is -2.17. The highest BCUT2D eigenvalue weighted by atomic mass is 19.2. The standard InChI is InChI=1S/C11H10FNO3/c1-11(12,16-6-14)7-5-13-8-3-2-4-9(15)10(7)8/h2-6,13,15H,1H3. The molecule has 16 heavy (non-hydrogen) atoms. The normalized spacial score (nSPS) is 14.6. The molecule has 84 valence electrons. The van der Waals surface area contributed by atoms with Crippen molar-refractivity contribution in [3.05, 3.63) is 30.0 Å². The Kier molecular flexibility index (Phi) is 2.30. The van der Waals surface area contributed by atoms with Crippen molar-refractivity contribution >= 4 is 17.4 Å². The Bertz CT molecular complexity index is 533. The molecular weight excluding hydrogens is 213 g/mol. The van der Waals surface area contributed by atoms with E-state index in [-0.39, 0.29) is 17.8 Å². The third-order valence-electron chi connectivity index (χ3n) is 2.43. The van der Waals surface area contributed by atoms with E-state index in [1.54, 1.807) is 12.1 Å². The molecule has 0 radical (unpaired) electrons. The van der Waals surface area contributed by atoms with Crippen LogP contribution in [-0.2, 0) is 15.4 Å². The number of aromatic nitrogens is 1. The molecule has 5 heteroatoms. The van der Waals surface area contributed by atoms with Gasteiger partial charge in [0.1, 0.15) is 5.75 Å². The predicted molar refractivity (Wildman–Crippen MR) is 55.6 cm³/mol. The van der Waals surface area contributed by atoms with Crippen LogP contribution in [0.3, 0.4) is 0 Å². The molecule has 0 fully saturated rings. The summed E-state index contributed by atoms with van der Waals surface area (Å²) in [6.45, 7) is 1.15. The van der Waals surface area contributed by atoms with Gasteiger partial charge in [0.25, 0.3) is 12.3 Å². The fourth-order valence-electron chi connectivity index (χ4n) is 1.67. The number of aromatic amines is 1. The van der Waals surface area contributed by atoms with Crippen LogP contribution in [0.1, 0.15) is 12.5 Å². The summed E-state index contributed by atoms with van der Waals surface area (Å²) in [6.07, 6.45) is 1.37. The van der Waals surface area contributed by atoms with Crippen molar-refractivity contribution < 1.29 is 19.0 Å². The zero-order valence-corrected chi connectivity index (χ0v) is 8.53. The molecule has 0 saturated heterocycles. The number of ether oxygens (including phenoxy) is 1. The van der Waals surface area contributed by atoms with E-state index >= 15 is 0 Å². The van der Waals surface area contributed by atoms with Crippen molar-refractivity contribution in [3.8, 4) is 5.75 Å². The molecule has 0 saturated carbocycles. The Hall–Kier alpha value is -2.04. The Morgan fingerprint density at radius 2 is 2.31 bits per heavy atom. The van der Waals surface area contributed by atoms with E-state index in [1.165, 1.54) is 12.3 Å². The molecule has 4 nitrogen and oxygen atoms in total. The van der Waals surface area contributed by atoms with E-state index in [4.69, 9.17) is 0 Å². The number of hydrogen-bond donors (Lipinski definition) is 2. The summed E-state index contributed by atoms with van der Waals surface area (Å²) in [6, 6.07) is 4.76. The number of aromatic hydroxyl groups is 1. The van der Waals surface area contributed by atoms with Gasteiger partial charge >= 0.3 is 0 Å². The summed E-state index contributed by atoms with van der Waals surface area (Å²) in [5.41, 5.74) is 0.668. The molecule has 0 aliphatic carbocycles. The summed E-state index contributed by atoms with van der Waals surface area (Å²) in [4.78, 5) is 13.0. The number of halogens is 1. The second-order valence-corrected chi connectivity index (χ2v) is 3.53. The average molecular weight is 223 g/mol. The molecule has 1 atom stereocenters. The maximum absolute atomic E-state index is 14.0. The van der Waals surface area contributed by atoms with E-state index in [1.807, 2.05) is 0 Å². The smallest absolute Gasteiger partial charge is 0.296 e. The van der Waals surface area contributed by atoms with Crippen LogP contribution in [0.2, 0.25) is 0 Å². The van der Waals surface area contributed by atoms with Gasteiger partial charge in [-0.25, -0.2) is 0 Å². The second-order valence-electron chi connectivity index (χ2n) is 3.53. The number of rotatable bonds is 3. The van der Waals surface area contributed by atoms with E-state index < -0.39 is 5.85 Å². The van der Waals surface area contributed by atoms with Gasteiger partial charge in [0.15, 0.2) is 0 Å². The summed E-state index contributed by atoms with van der Waals surface area (Å²) < 4.78 is 18.3. The van der Waals surface area contributed by atoms with Crippen LogP contribution >= 0.6 is 0 Å². The van der Waals surface area contributed by atoms with Crippen LogP contribution in [0.25, 0.3) is 10.9 Å². The Morgan fingerprint density at radius 1 is 1.56 bits per heavy atom. The number of nitrogens with one attached hydrogen (secondary N) is 1. The molecule has 0 amide bonds. The topological polar surface area (TPSA) is 62.3 Å². The van der Waals surface area contributed by atoms with Crippen molar-refractivity contribution in [1.29, 1.82) is 0 Å². The molecule has 0 aliphatic heterocycles. The minimum atomic E-state index is -2.27. The van der Waals surface area contributed by atoms with E-state index in [0.717, 1.165) is 6.92 Å². The SMILES string of the molecule is CC(F)(OC=O)c1c[nH]c2cccc(O)c12. The van der Waals surface area contributed by atoms with Crippen molar-refractivity contribution in [3.63, 3.8) is 0 Å². The molecule has 0 aliphatic rings. The number of phenolic OH excluding ortho intramolecular Hbond substituents is 1. The maximum Gasteiger partial charge on any atom is 0.296 e. The Morgan fingerprint density at radius 3 is 3.00 bits per heavy atom. The third kappa shape index (κ3) is 1.50. The predicted octanol–water partition coefficient (Wildman–Crippen LogP) is 2.19. The molecule has 2 N–H and O–H groups in total. The van der Waals surface area contributed by atoms with Gasteiger partial charge in [-0.3, -0.25) is 4.79 Å². The van der Waals surface area contributed by atoms with Crippen molar-refractivity contribution in [2.45, 2.75) is 12.8 Å². The van der Waals surface area contributed by atoms with Gasteiger partial charge in [-0.1, -0.05) is 6.07 Å². The van der Waals surface area contributed by atoms with E-state index in [2.05, 4.69) is 9.72 Å². The van der Waals surface area contributed by atoms with Gasteiger partial charge in [0, 0.05) is 18.6 Å². The fraction of sp³-hybridized carbons (Fsp3) is 0.182. The first kappa shape index (κ1) is 10.5. The number of fused-ring (bicyclic) bond motifs is 1. The zero-order valence-electron chi connectivity index (χ0n) is 8.53. The number of alkyl halides is 1. The summed E-state index contributed by atoms with van der Waals surface area (Å²) in [5.74, 6) is -2.33. The van der Waals surface area contributed by atoms with Gasteiger partial charge in [-0.05, 0) is 12.1 Å². The third-order valence-corrected chi connectivity index (χ3v) is 2.43. The second kappa shape index (κ2) is 3.52. The molecule has 1 aromatic carbocycles. The highest BCUT2D eigenvalue weighted by Gasteiger charge is 2.31. The summed E-state index contributed by atoms with van der Waals surface area (Å²) >= 11 is 0. The van der Waals surface area contributed by atoms with Gasteiger partial charge < -0.3 is 14.8 Å². The average Bonchev–Trinajstić information content (AvgIpc) is 2.63. The number of benzene rings is 1. The largest absolute Gasteiger partial charge is 0.507 e. The van der Waals surface area contributed by atoms with Crippen LogP contribution in [0, 0.1) is 0 Å². The van der Waals surface area contributed by atoms with Crippen LogP contribution in [0.4, 0.5) is 4.39 Å². The molecule has 1 unspecified atom stereocenters. The van der Waals surface area contributed by atoms with Crippen molar-refractivity contribution in [1.82, 2.24) is 4.98 Å². The maximum atomic E-state index is 14.0. The zero-order chi connectivity index (χ0) is 11.8. The quantitative estimate of drug-likeness (QED) is 0.784. The minimum Gasteiger partial charge on any atom is -0.507 e. The lowest BCUT2D eigenvalue weighted by Crippen LogP contribution is -2.18. The Balaban J connectivity index is 2.65. The molecular formula is C11H10FNO3. The Labute approximate surface area is 90.7 Å². The van der Waals surface area contributed by atoms with Crippen LogP contribution in [0.15, 0.2) is 24.4 Å². The van der Waals surface area contributed by atoms with Crippen molar-refractivity contribution in [2.75, 3.05) is 0 Å². The van der Waals surface area contributed by atoms with Crippen LogP contribution < -0.4 is 0 Å². The van der Waals surface area contributed by atoms with E-state index in [0.29, 0.717) is 10.9 Å². The number of carbonyl (C=O) groups is 1. The van der Waals surface area contributed by atoms with Gasteiger partial charge in [-0.2, -0.15) is 4.39 Å². The molecule has 2 rings (SSSR count). The van der Waals surface area contributed by atoms with E-state index in [9.17, 15) is 14.3 Å². The highest BCUT2D eigenvalue weighted by molar-refractivity contribution is 5.89. The molecule has 1 heterocycles. The molecule has 1 aromatic heterocycles. The number of phenols is 1. The lowest BCUT2D eigenvalue weighted by molar-refractivity contribution is -0.164. The number of carbonyl (C=O) groups excluding carboxylic acids is 1. The van der Waals surface area contributed by atoms with Crippen molar-refractivity contribution in [2.24, 2.45) is 0 Å². The number of H-pyrrole nitrogens is 1. The fourth-order valence-corrected chi connectivity index (χ4v) is 1.67. The summed E-state index contributed by atoms with van der Waals surface area (Å²) in [7, 11) is 0. The first-order chi connectivity index (χ1) is 7.56. The van der Waals surface area contributed by atoms with Crippen LogP contribution in [-0.4, -0.2) is 16.6 Å².